The van der Waals surface area contributed by atoms with Crippen molar-refractivity contribution in [2.45, 2.75) is 25.9 Å². The van der Waals surface area contributed by atoms with E-state index in [0.29, 0.717) is 0 Å². The summed E-state index contributed by atoms with van der Waals surface area (Å²) in [5, 5.41) is 0. The van der Waals surface area contributed by atoms with Crippen molar-refractivity contribution in [3.63, 3.8) is 0 Å². The number of amides is 1. The fourth-order valence-electron chi connectivity index (χ4n) is 2.85. The smallest absolute Gasteiger partial charge is 0.459 e. The van der Waals surface area contributed by atoms with Gasteiger partial charge >= 0.3 is 20.5 Å². The fraction of sp³-hybridized carbons (Fsp3) is 0.800. The highest BCUT2D eigenvalue weighted by Gasteiger charge is 2.55. The number of hydrogen-bond donors (Lipinski definition) is 0. The molecule has 0 aliphatic carbocycles. The summed E-state index contributed by atoms with van der Waals surface area (Å²) in [4.78, 5) is 13.8. The molecule has 6 heteroatoms. The van der Waals surface area contributed by atoms with Crippen LogP contribution in [0.15, 0.2) is 0 Å². The van der Waals surface area contributed by atoms with Crippen molar-refractivity contribution in [3.8, 4) is 0 Å². The molecule has 5 nitrogen and oxygen atoms in total. The van der Waals surface area contributed by atoms with Crippen molar-refractivity contribution in [1.29, 1.82) is 0 Å². The molecule has 0 aromatic rings. The lowest BCUT2D eigenvalue weighted by molar-refractivity contribution is -0.547. The van der Waals surface area contributed by atoms with Crippen LogP contribution in [0.3, 0.4) is 0 Å². The van der Waals surface area contributed by atoms with Crippen LogP contribution in [0.4, 0.5) is 4.79 Å². The maximum Gasteiger partial charge on any atom is 0.467 e. The predicted molar refractivity (Wildman–Crippen MR) is 61.6 cm³/mol. The molecule has 0 unspecified atom stereocenters. The Labute approximate surface area is 96.5 Å². The molecule has 0 saturated carbocycles. The minimum Gasteiger partial charge on any atom is -0.459 e. The number of rotatable bonds is 0. The molecule has 0 radical (unpaired) electrons. The van der Waals surface area contributed by atoms with E-state index in [0.717, 1.165) is 38.6 Å². The first-order valence-corrected chi connectivity index (χ1v) is 8.85. The fourth-order valence-corrected chi connectivity index (χ4v) is 4.93. The highest BCUT2D eigenvalue weighted by atomic mass is 28.4. The molecule has 0 N–H and O–H groups in total. The molecular weight excluding hydrogens is 222 g/mol. The van der Waals surface area contributed by atoms with Crippen LogP contribution >= 0.6 is 0 Å². The molecular formula is C10H18N3O2Si+. The maximum atomic E-state index is 11.9. The maximum absolute atomic E-state index is 11.9. The normalized spacial score (nSPS) is 27.8. The van der Waals surface area contributed by atoms with Gasteiger partial charge in [0, 0.05) is 12.8 Å². The third-order valence-electron chi connectivity index (χ3n) is 3.59. The standard InChI is InChI=1S/C10H18N3O2Si/c1-16(2)13-8-4-6-11-5-3-7-12(9(11)13)10(14)15-16/h3-8H2,1-2H3/q+1. The zero-order valence-corrected chi connectivity index (χ0v) is 10.9. The van der Waals surface area contributed by atoms with Crippen LogP contribution in [0.1, 0.15) is 12.8 Å². The molecule has 0 spiro atoms. The van der Waals surface area contributed by atoms with Gasteiger partial charge in [-0.05, 0) is 13.1 Å². The lowest BCUT2D eigenvalue weighted by atomic mass is 10.2. The zero-order valence-electron chi connectivity index (χ0n) is 9.90. The van der Waals surface area contributed by atoms with E-state index in [4.69, 9.17) is 4.43 Å². The van der Waals surface area contributed by atoms with E-state index in [-0.39, 0.29) is 6.09 Å². The molecule has 1 fully saturated rings. The van der Waals surface area contributed by atoms with Gasteiger partial charge in [0.1, 0.15) is 0 Å². The zero-order chi connectivity index (χ0) is 11.3. The van der Waals surface area contributed by atoms with Crippen molar-refractivity contribution in [2.24, 2.45) is 0 Å². The van der Waals surface area contributed by atoms with Crippen LogP contribution in [0.2, 0.25) is 13.1 Å². The number of hydrogen-bond acceptors (Lipinski definition) is 3. The van der Waals surface area contributed by atoms with E-state index in [1.165, 1.54) is 6.42 Å². The van der Waals surface area contributed by atoms with Crippen molar-refractivity contribution in [2.75, 3.05) is 26.2 Å². The summed E-state index contributed by atoms with van der Waals surface area (Å²) in [7, 11) is -2.02. The van der Waals surface area contributed by atoms with E-state index in [1.807, 2.05) is 4.90 Å². The summed E-state index contributed by atoms with van der Waals surface area (Å²) < 4.78 is 10.3. The van der Waals surface area contributed by atoms with Gasteiger partial charge in [0.2, 0.25) is 0 Å². The topological polar surface area (TPSA) is 35.8 Å². The first-order valence-electron chi connectivity index (χ1n) is 6.00. The van der Waals surface area contributed by atoms with Crippen molar-refractivity contribution in [1.82, 2.24) is 9.47 Å². The van der Waals surface area contributed by atoms with Crippen LogP contribution < -0.4 is 0 Å². The quantitative estimate of drug-likeness (QED) is 0.460. The molecule has 1 amide bonds. The van der Waals surface area contributed by atoms with Crippen molar-refractivity contribution < 1.29 is 13.8 Å². The minimum atomic E-state index is -2.02. The summed E-state index contributed by atoms with van der Waals surface area (Å²) in [6.45, 7) is 8.22. The SMILES string of the molecule is C[Si]1(C)OC(=O)N2CCC[N+]3=C2N1CCC3. The Kier molecular flexibility index (Phi) is 2.04. The van der Waals surface area contributed by atoms with Gasteiger partial charge in [-0.2, -0.15) is 4.90 Å². The molecule has 3 heterocycles. The molecule has 0 aromatic heterocycles. The summed E-state index contributed by atoms with van der Waals surface area (Å²) in [5.41, 5.74) is 0. The van der Waals surface area contributed by atoms with Gasteiger partial charge in [0.25, 0.3) is 0 Å². The third-order valence-corrected chi connectivity index (χ3v) is 5.99. The van der Waals surface area contributed by atoms with E-state index in [1.54, 1.807) is 0 Å². The molecule has 3 rings (SSSR count). The number of carbonyl (C=O) groups excluding carboxylic acids is 1. The summed E-state index contributed by atoms with van der Waals surface area (Å²) in [6.07, 6.45) is 2.09. The molecule has 0 atom stereocenters. The molecule has 0 bridgehead atoms. The lowest BCUT2D eigenvalue weighted by Crippen LogP contribution is -2.71. The van der Waals surface area contributed by atoms with Crippen LogP contribution in [0, 0.1) is 0 Å². The molecule has 1 saturated heterocycles. The average molecular weight is 240 g/mol. The van der Waals surface area contributed by atoms with Gasteiger partial charge in [-0.15, -0.1) is 0 Å². The molecule has 3 aliphatic rings. The van der Waals surface area contributed by atoms with Gasteiger partial charge < -0.3 is 4.43 Å². The van der Waals surface area contributed by atoms with Gasteiger partial charge in [0.15, 0.2) is 0 Å². The Balaban J connectivity index is 2.09. The van der Waals surface area contributed by atoms with Crippen LogP contribution in [-0.2, 0) is 4.43 Å². The second-order valence-electron chi connectivity index (χ2n) is 5.11. The van der Waals surface area contributed by atoms with Crippen molar-refractivity contribution >= 4 is 20.5 Å². The van der Waals surface area contributed by atoms with Gasteiger partial charge in [0.05, 0.1) is 26.2 Å². The van der Waals surface area contributed by atoms with E-state index in [2.05, 4.69) is 22.2 Å². The number of carbonyl (C=O) groups is 1. The minimum absolute atomic E-state index is 0.130. The van der Waals surface area contributed by atoms with E-state index < -0.39 is 8.48 Å². The molecule has 16 heavy (non-hydrogen) atoms. The lowest BCUT2D eigenvalue weighted by Gasteiger charge is -2.44. The Morgan fingerprint density at radius 3 is 2.69 bits per heavy atom. The van der Waals surface area contributed by atoms with Crippen LogP contribution in [0.5, 0.6) is 0 Å². The number of guanidine groups is 1. The summed E-state index contributed by atoms with van der Waals surface area (Å²) in [5.74, 6) is 1.13. The van der Waals surface area contributed by atoms with Crippen LogP contribution in [0.25, 0.3) is 0 Å². The third kappa shape index (κ3) is 1.29. The van der Waals surface area contributed by atoms with Gasteiger partial charge in [-0.25, -0.2) is 4.79 Å². The molecule has 88 valence electrons. The van der Waals surface area contributed by atoms with Gasteiger partial charge in [-0.3, -0.25) is 9.14 Å². The second-order valence-corrected chi connectivity index (χ2v) is 8.75. The largest absolute Gasteiger partial charge is 0.467 e. The Hall–Kier alpha value is -1.04. The van der Waals surface area contributed by atoms with E-state index >= 15 is 0 Å². The van der Waals surface area contributed by atoms with Crippen LogP contribution in [-0.4, -0.2) is 60.8 Å². The molecule has 3 aliphatic heterocycles. The number of nitrogens with zero attached hydrogens (tertiary/aromatic N) is 3. The summed E-state index contributed by atoms with van der Waals surface area (Å²) in [6, 6.07) is 0. The Bertz CT molecular complexity index is 376. The Morgan fingerprint density at radius 2 is 1.94 bits per heavy atom. The Morgan fingerprint density at radius 1 is 1.25 bits per heavy atom. The first-order chi connectivity index (χ1) is 7.59. The first kappa shape index (κ1) is 10.1. The molecule has 0 aromatic carbocycles. The van der Waals surface area contributed by atoms with E-state index in [9.17, 15) is 4.79 Å². The monoisotopic (exact) mass is 240 g/mol. The summed E-state index contributed by atoms with van der Waals surface area (Å²) >= 11 is 0. The highest BCUT2D eigenvalue weighted by Crippen LogP contribution is 2.26. The van der Waals surface area contributed by atoms with Crippen molar-refractivity contribution in [3.05, 3.63) is 0 Å². The second kappa shape index (κ2) is 3.22. The average Bonchev–Trinajstić information content (AvgIpc) is 2.25. The van der Waals surface area contributed by atoms with Gasteiger partial charge in [-0.1, -0.05) is 0 Å². The predicted octanol–water partition coefficient (Wildman–Crippen LogP) is 0.618. The highest BCUT2D eigenvalue weighted by molar-refractivity contribution is 6.73.